The van der Waals surface area contributed by atoms with Crippen molar-refractivity contribution in [3.8, 4) is 0 Å². The lowest BCUT2D eigenvalue weighted by molar-refractivity contribution is 0.0696. The van der Waals surface area contributed by atoms with E-state index in [-0.39, 0.29) is 0 Å². The van der Waals surface area contributed by atoms with Gasteiger partial charge in [-0.05, 0) is 28.7 Å². The number of carbonyl (C=O) groups is 1. The number of thiophene rings is 1. The molecule has 0 amide bonds. The number of hydrogen-bond acceptors (Lipinski definition) is 3. The lowest BCUT2D eigenvalue weighted by atomic mass is 10.2. The molecule has 0 aliphatic carbocycles. The summed E-state index contributed by atoms with van der Waals surface area (Å²) in [5.41, 5.74) is 0.355. The zero-order valence-electron chi connectivity index (χ0n) is 6.82. The Kier molecular flexibility index (Phi) is 2.72. The molecule has 14 heavy (non-hydrogen) atoms. The van der Waals surface area contributed by atoms with Crippen LogP contribution < -0.4 is 0 Å². The van der Waals surface area contributed by atoms with E-state index in [0.29, 0.717) is 5.56 Å². The largest absolute Gasteiger partial charge is 0.478 e. The predicted molar refractivity (Wildman–Crippen MR) is 68.8 cm³/mol. The molecule has 2 nitrogen and oxygen atoms in total. The molecular formula is C9H5IO2S2. The molecule has 1 aromatic heterocycles. The molecule has 2 aromatic rings. The molecule has 0 fully saturated rings. The molecule has 72 valence electrons. The second kappa shape index (κ2) is 3.71. The number of halogens is 1. The van der Waals surface area contributed by atoms with Crippen molar-refractivity contribution in [1.82, 2.24) is 0 Å². The maximum Gasteiger partial charge on any atom is 0.336 e. The lowest BCUT2D eigenvalue weighted by Gasteiger charge is -2.00. The van der Waals surface area contributed by atoms with Crippen LogP contribution in [0.4, 0.5) is 0 Å². The second-order valence-electron chi connectivity index (χ2n) is 2.73. The highest BCUT2D eigenvalue weighted by molar-refractivity contribution is 14.1. The summed E-state index contributed by atoms with van der Waals surface area (Å²) < 4.78 is 1.79. The van der Waals surface area contributed by atoms with E-state index in [2.05, 4.69) is 35.2 Å². The topological polar surface area (TPSA) is 37.3 Å². The Balaban J connectivity index is 2.82. The van der Waals surface area contributed by atoms with Gasteiger partial charge in [0.1, 0.15) is 0 Å². The highest BCUT2D eigenvalue weighted by Crippen LogP contribution is 2.33. The van der Waals surface area contributed by atoms with Gasteiger partial charge in [-0.15, -0.1) is 24.0 Å². The number of hydrogen-bond donors (Lipinski definition) is 2. The van der Waals surface area contributed by atoms with Gasteiger partial charge in [-0.25, -0.2) is 4.79 Å². The van der Waals surface area contributed by atoms with E-state index in [9.17, 15) is 4.79 Å². The molecular weight excluding hydrogens is 331 g/mol. The van der Waals surface area contributed by atoms with Crippen LogP contribution in [0.1, 0.15) is 10.4 Å². The third-order valence-corrected chi connectivity index (χ3v) is 4.94. The van der Waals surface area contributed by atoms with Crippen molar-refractivity contribution >= 4 is 62.6 Å². The van der Waals surface area contributed by atoms with Crippen LogP contribution in [-0.2, 0) is 0 Å². The number of thiol groups is 1. The minimum atomic E-state index is -0.884. The highest BCUT2D eigenvalue weighted by Gasteiger charge is 2.13. The van der Waals surface area contributed by atoms with Gasteiger partial charge in [-0.2, -0.15) is 0 Å². The molecule has 1 N–H and O–H groups in total. The number of fused-ring (bicyclic) bond motifs is 1. The van der Waals surface area contributed by atoms with E-state index in [4.69, 9.17) is 5.11 Å². The van der Waals surface area contributed by atoms with Gasteiger partial charge < -0.3 is 5.11 Å². The molecule has 0 radical (unpaired) electrons. The van der Waals surface area contributed by atoms with Gasteiger partial charge in [0, 0.05) is 23.9 Å². The van der Waals surface area contributed by atoms with E-state index < -0.39 is 5.97 Å². The molecule has 0 atom stereocenters. The van der Waals surface area contributed by atoms with Crippen molar-refractivity contribution in [2.45, 2.75) is 4.90 Å². The highest BCUT2D eigenvalue weighted by atomic mass is 127. The summed E-state index contributed by atoms with van der Waals surface area (Å²) >= 11 is 7.88. The normalized spacial score (nSPS) is 10.7. The van der Waals surface area contributed by atoms with Crippen LogP contribution in [-0.4, -0.2) is 11.1 Å². The predicted octanol–water partition coefficient (Wildman–Crippen LogP) is 3.49. The van der Waals surface area contributed by atoms with Crippen molar-refractivity contribution in [2.24, 2.45) is 0 Å². The summed E-state index contributed by atoms with van der Waals surface area (Å²) in [5, 5.41) is 11.9. The summed E-state index contributed by atoms with van der Waals surface area (Å²) in [6, 6.07) is 3.43. The molecule has 0 aliphatic rings. The minimum Gasteiger partial charge on any atom is -0.478 e. The quantitative estimate of drug-likeness (QED) is 0.618. The number of carboxylic acid groups (broad SMARTS) is 1. The number of aromatic carboxylic acids is 1. The van der Waals surface area contributed by atoms with Gasteiger partial charge in [-0.1, -0.05) is 6.07 Å². The zero-order chi connectivity index (χ0) is 10.3. The fourth-order valence-electron chi connectivity index (χ4n) is 1.22. The lowest BCUT2D eigenvalue weighted by Crippen LogP contribution is -1.98. The van der Waals surface area contributed by atoms with E-state index in [1.54, 1.807) is 12.1 Å². The van der Waals surface area contributed by atoms with Gasteiger partial charge >= 0.3 is 5.97 Å². The smallest absolute Gasteiger partial charge is 0.336 e. The van der Waals surface area contributed by atoms with Crippen molar-refractivity contribution in [2.75, 3.05) is 0 Å². The third-order valence-electron chi connectivity index (χ3n) is 1.89. The van der Waals surface area contributed by atoms with Crippen molar-refractivity contribution in [3.05, 3.63) is 26.6 Å². The van der Waals surface area contributed by atoms with Crippen molar-refractivity contribution in [1.29, 1.82) is 0 Å². The Morgan fingerprint density at radius 1 is 1.50 bits per heavy atom. The van der Waals surface area contributed by atoms with Crippen molar-refractivity contribution < 1.29 is 9.90 Å². The first-order valence-electron chi connectivity index (χ1n) is 3.73. The molecule has 0 saturated carbocycles. The second-order valence-corrected chi connectivity index (χ2v) is 5.17. The Morgan fingerprint density at radius 3 is 2.86 bits per heavy atom. The average molecular weight is 336 g/mol. The SMILES string of the molecule is O=C(O)c1ccc2c(S)csc2c1I. The van der Waals surface area contributed by atoms with Crippen LogP contribution in [0.2, 0.25) is 0 Å². The summed E-state index contributed by atoms with van der Waals surface area (Å²) in [6.07, 6.45) is 0. The maximum absolute atomic E-state index is 10.9. The van der Waals surface area contributed by atoms with Gasteiger partial charge in [-0.3, -0.25) is 0 Å². The molecule has 0 bridgehead atoms. The molecule has 2 rings (SSSR count). The van der Waals surface area contributed by atoms with Crippen LogP contribution in [0.15, 0.2) is 22.4 Å². The van der Waals surface area contributed by atoms with Gasteiger partial charge in [0.15, 0.2) is 0 Å². The Labute approximate surface area is 103 Å². The van der Waals surface area contributed by atoms with E-state index in [0.717, 1.165) is 18.6 Å². The molecule has 1 aromatic carbocycles. The summed E-state index contributed by atoms with van der Waals surface area (Å²) in [5.74, 6) is -0.884. The Bertz CT molecular complexity index is 519. The van der Waals surface area contributed by atoms with E-state index >= 15 is 0 Å². The summed E-state index contributed by atoms with van der Waals surface area (Å²) in [6.45, 7) is 0. The first-order valence-corrected chi connectivity index (χ1v) is 6.14. The Morgan fingerprint density at radius 2 is 2.21 bits per heavy atom. The van der Waals surface area contributed by atoms with Crippen LogP contribution in [0, 0.1) is 3.57 Å². The molecule has 1 heterocycles. The first-order chi connectivity index (χ1) is 6.61. The van der Waals surface area contributed by atoms with Crippen LogP contribution in [0.5, 0.6) is 0 Å². The van der Waals surface area contributed by atoms with Crippen molar-refractivity contribution in [3.63, 3.8) is 0 Å². The van der Waals surface area contributed by atoms with Crippen LogP contribution >= 0.6 is 46.6 Å². The van der Waals surface area contributed by atoms with Gasteiger partial charge in [0.2, 0.25) is 0 Å². The van der Waals surface area contributed by atoms with E-state index in [1.165, 1.54) is 11.3 Å². The standard InChI is InChI=1S/C9H5IO2S2/c10-7-5(9(11)12)2-1-4-6(13)3-14-8(4)7/h1-3,13H,(H,11,12). The number of carboxylic acids is 1. The van der Waals surface area contributed by atoms with E-state index in [1.807, 2.05) is 5.38 Å². The maximum atomic E-state index is 10.9. The van der Waals surface area contributed by atoms with Gasteiger partial charge in [0.25, 0.3) is 0 Å². The van der Waals surface area contributed by atoms with Crippen LogP contribution in [0.25, 0.3) is 10.1 Å². The monoisotopic (exact) mass is 336 g/mol. The summed E-state index contributed by atoms with van der Waals surface area (Å²) in [7, 11) is 0. The number of rotatable bonds is 1. The molecule has 0 aliphatic heterocycles. The Hall–Kier alpha value is -0.270. The average Bonchev–Trinajstić information content (AvgIpc) is 2.49. The van der Waals surface area contributed by atoms with Gasteiger partial charge in [0.05, 0.1) is 5.56 Å². The molecule has 0 saturated heterocycles. The minimum absolute atomic E-state index is 0.355. The third kappa shape index (κ3) is 1.53. The summed E-state index contributed by atoms with van der Waals surface area (Å²) in [4.78, 5) is 11.8. The zero-order valence-corrected chi connectivity index (χ0v) is 10.7. The molecule has 0 spiro atoms. The first kappa shape index (κ1) is 10.3. The fraction of sp³-hybridized carbons (Fsp3) is 0. The molecule has 5 heteroatoms. The molecule has 0 unspecified atom stereocenters. The number of benzene rings is 1. The van der Waals surface area contributed by atoms with Crippen LogP contribution in [0.3, 0.4) is 0 Å². The fourth-order valence-corrected chi connectivity index (χ4v) is 3.59.